The van der Waals surface area contributed by atoms with Gasteiger partial charge in [0, 0.05) is 34.7 Å². The number of furan rings is 1. The molecule has 3 aromatic carbocycles. The number of carboxylic acids is 1. The molecule has 1 aromatic heterocycles. The quantitative estimate of drug-likeness (QED) is 0.211. The first kappa shape index (κ1) is 30.8. The lowest BCUT2D eigenvalue weighted by Crippen LogP contribution is -2.45. The van der Waals surface area contributed by atoms with E-state index in [-0.39, 0.29) is 17.4 Å². The van der Waals surface area contributed by atoms with Crippen molar-refractivity contribution in [3.05, 3.63) is 78.1 Å². The second kappa shape index (κ2) is 13.2. The van der Waals surface area contributed by atoms with Gasteiger partial charge in [0.1, 0.15) is 24.0 Å². The predicted octanol–water partition coefficient (Wildman–Crippen LogP) is 5.31. The van der Waals surface area contributed by atoms with E-state index in [4.69, 9.17) is 9.15 Å². The molecular weight excluding hydrogens is 558 g/mol. The average molecular weight is 593 g/mol. The number of benzene rings is 3. The molecule has 1 heterocycles. The number of nitrogens with one attached hydrogen (secondary N) is 1. The van der Waals surface area contributed by atoms with Gasteiger partial charge in [-0.05, 0) is 74.5 Å². The van der Waals surface area contributed by atoms with E-state index in [0.717, 1.165) is 27.4 Å². The van der Waals surface area contributed by atoms with Crippen molar-refractivity contribution in [2.24, 2.45) is 5.92 Å². The molecule has 0 aliphatic heterocycles. The van der Waals surface area contributed by atoms with Crippen LogP contribution in [0.5, 0.6) is 5.75 Å². The van der Waals surface area contributed by atoms with Gasteiger partial charge in [0.05, 0.1) is 5.39 Å². The van der Waals surface area contributed by atoms with Crippen molar-refractivity contribution in [2.45, 2.75) is 26.8 Å². The molecule has 222 valence electrons. The van der Waals surface area contributed by atoms with Gasteiger partial charge in [-0.2, -0.15) is 0 Å². The number of rotatable bonds is 12. The lowest BCUT2D eigenvalue weighted by molar-refractivity contribution is -0.139. The Morgan fingerprint density at radius 2 is 1.64 bits per heavy atom. The number of ether oxygens (including phenoxy) is 1. The van der Waals surface area contributed by atoms with Gasteiger partial charge in [-0.1, -0.05) is 44.2 Å². The van der Waals surface area contributed by atoms with Gasteiger partial charge >= 0.3 is 5.97 Å². The first-order chi connectivity index (χ1) is 20.0. The molecule has 4 rings (SSSR count). The van der Waals surface area contributed by atoms with Crippen LogP contribution in [0.15, 0.2) is 71.1 Å². The second-order valence-electron chi connectivity index (χ2n) is 10.5. The number of anilines is 2. The van der Waals surface area contributed by atoms with E-state index >= 15 is 0 Å². The largest absolute Gasteiger partial charge is 0.755 e. The van der Waals surface area contributed by atoms with E-state index in [1.165, 1.54) is 0 Å². The number of nitrogens with zero attached hydrogens (tertiary/aromatic N) is 2. The van der Waals surface area contributed by atoms with Crippen LogP contribution in [0.2, 0.25) is 0 Å². The topological polar surface area (TPSA) is 135 Å². The molecule has 0 radical (unpaired) electrons. The number of hydrogen-bond acceptors (Lipinski definition) is 7. The number of fused-ring (bicyclic) bond motifs is 1. The smallest absolute Gasteiger partial charge is 0.327 e. The summed E-state index contributed by atoms with van der Waals surface area (Å²) < 4.78 is 36.5. The van der Waals surface area contributed by atoms with Crippen LogP contribution in [0.3, 0.4) is 0 Å². The molecule has 10 nitrogen and oxygen atoms in total. The van der Waals surface area contributed by atoms with E-state index in [2.05, 4.69) is 5.32 Å². The Hall–Kier alpha value is -4.19. The highest BCUT2D eigenvalue weighted by atomic mass is 32.2. The van der Waals surface area contributed by atoms with Gasteiger partial charge < -0.3 is 29.0 Å². The second-order valence-corrected chi connectivity index (χ2v) is 11.3. The number of hydrogen-bond donors (Lipinski definition) is 2. The number of aryl methyl sites for hydroxylation is 1. The number of carbonyl (C=O) groups excluding carboxylic acids is 1. The minimum absolute atomic E-state index is 0.203. The minimum atomic E-state index is -2.77. The zero-order chi connectivity index (χ0) is 30.6. The zero-order valence-electron chi connectivity index (χ0n) is 24.1. The summed E-state index contributed by atoms with van der Waals surface area (Å²) in [6.07, 6.45) is 0. The van der Waals surface area contributed by atoms with Gasteiger partial charge in [0.25, 0.3) is 5.91 Å². The summed E-state index contributed by atoms with van der Waals surface area (Å²) in [5.41, 5.74) is 3.70. The highest BCUT2D eigenvalue weighted by molar-refractivity contribution is 7.80. The van der Waals surface area contributed by atoms with Gasteiger partial charge in [0.15, 0.2) is 5.76 Å². The van der Waals surface area contributed by atoms with Crippen LogP contribution >= 0.6 is 0 Å². The van der Waals surface area contributed by atoms with Crippen LogP contribution < -0.4 is 14.4 Å². The van der Waals surface area contributed by atoms with Gasteiger partial charge in [-0.25, -0.2) is 4.79 Å². The molecule has 0 aliphatic rings. The van der Waals surface area contributed by atoms with Crippen molar-refractivity contribution < 1.29 is 32.6 Å². The zero-order valence-corrected chi connectivity index (χ0v) is 24.9. The Morgan fingerprint density at radius 1 is 1.02 bits per heavy atom. The van der Waals surface area contributed by atoms with E-state index in [0.29, 0.717) is 29.2 Å². The molecule has 2 N–H and O–H groups in total. The van der Waals surface area contributed by atoms with Gasteiger partial charge in [-0.15, -0.1) is 0 Å². The fourth-order valence-electron chi connectivity index (χ4n) is 4.67. The average Bonchev–Trinajstić information content (AvgIpc) is 3.28. The molecular formula is C31H34N3O7S-. The van der Waals surface area contributed by atoms with Crippen LogP contribution in [0.4, 0.5) is 11.4 Å². The van der Waals surface area contributed by atoms with Crippen LogP contribution in [-0.2, 0) is 16.1 Å². The van der Waals surface area contributed by atoms with E-state index < -0.39 is 29.2 Å². The SMILES string of the molecule is Cc1c(C(=O)Nc2ccc(-c3ccc(N(C(C(=O)O)C(C)C)S(=O)[O-])cc3)cc2)oc2cccc(OCCN(C)C)c12. The standard InChI is InChI=1S/C31H35N3O7S/c1-19(2)28(31(36)37)34(42(38)39)24-15-11-22(12-16-24)21-9-13-23(14-10-21)32-30(35)29-20(3)27-25(40-18-17-33(4)5)7-6-8-26(27)41-29/h6-16,19,28H,17-18H2,1-5H3,(H,32,35)(H,36,37)(H,38,39)/p-1. The van der Waals surface area contributed by atoms with Crippen molar-refractivity contribution >= 4 is 45.5 Å². The number of carbonyl (C=O) groups is 2. The molecule has 1 amide bonds. The third-order valence-corrected chi connectivity index (χ3v) is 7.57. The summed E-state index contributed by atoms with van der Waals surface area (Å²) in [4.78, 5) is 26.9. The number of likely N-dealkylation sites (N-methyl/N-ethyl adjacent to an activating group) is 1. The maximum Gasteiger partial charge on any atom is 0.327 e. The molecule has 0 saturated heterocycles. The van der Waals surface area contributed by atoms with E-state index in [9.17, 15) is 23.5 Å². The van der Waals surface area contributed by atoms with Crippen LogP contribution in [0, 0.1) is 12.8 Å². The normalized spacial score (nSPS) is 12.9. The van der Waals surface area contributed by atoms with E-state index in [1.807, 2.05) is 50.2 Å². The van der Waals surface area contributed by atoms with Crippen molar-refractivity contribution in [1.29, 1.82) is 0 Å². The van der Waals surface area contributed by atoms with Gasteiger partial charge in [-0.3, -0.25) is 13.3 Å². The molecule has 0 aliphatic carbocycles. The fourth-order valence-corrected chi connectivity index (χ4v) is 5.48. The summed E-state index contributed by atoms with van der Waals surface area (Å²) in [7, 11) is 3.94. The van der Waals surface area contributed by atoms with Crippen molar-refractivity contribution in [3.63, 3.8) is 0 Å². The molecule has 0 bridgehead atoms. The summed E-state index contributed by atoms with van der Waals surface area (Å²) in [6, 6.07) is 18.0. The summed E-state index contributed by atoms with van der Waals surface area (Å²) in [5, 5.41) is 13.2. The summed E-state index contributed by atoms with van der Waals surface area (Å²) >= 11 is -2.77. The monoisotopic (exact) mass is 592 g/mol. The number of carboxylic acid groups (broad SMARTS) is 1. The lowest BCUT2D eigenvalue weighted by atomic mass is 10.0. The minimum Gasteiger partial charge on any atom is -0.755 e. The molecule has 2 atom stereocenters. The third kappa shape index (κ3) is 6.81. The molecule has 2 unspecified atom stereocenters. The Bertz CT molecular complexity index is 1580. The highest BCUT2D eigenvalue weighted by Crippen LogP contribution is 2.34. The highest BCUT2D eigenvalue weighted by Gasteiger charge is 2.30. The van der Waals surface area contributed by atoms with Crippen molar-refractivity contribution in [3.8, 4) is 16.9 Å². The Kier molecular flexibility index (Phi) is 9.66. The van der Waals surface area contributed by atoms with Gasteiger partial charge in [0.2, 0.25) is 0 Å². The van der Waals surface area contributed by atoms with Crippen LogP contribution in [0.25, 0.3) is 22.1 Å². The summed E-state index contributed by atoms with van der Waals surface area (Å²) in [5.74, 6) is -1.17. The molecule has 0 fully saturated rings. The fraction of sp³-hybridized carbons (Fsp3) is 0.290. The van der Waals surface area contributed by atoms with E-state index in [1.54, 1.807) is 56.3 Å². The Labute approximate surface area is 247 Å². The molecule has 0 saturated carbocycles. The number of amides is 1. The first-order valence-corrected chi connectivity index (χ1v) is 14.4. The number of aliphatic carboxylic acids is 1. The Balaban J connectivity index is 1.49. The molecule has 4 aromatic rings. The molecule has 11 heteroatoms. The third-order valence-electron chi connectivity index (χ3n) is 6.81. The van der Waals surface area contributed by atoms with Crippen LogP contribution in [-0.4, -0.2) is 63.9 Å². The van der Waals surface area contributed by atoms with Crippen molar-refractivity contribution in [2.75, 3.05) is 36.9 Å². The summed E-state index contributed by atoms with van der Waals surface area (Å²) in [6.45, 7) is 6.40. The maximum atomic E-state index is 13.1. The van der Waals surface area contributed by atoms with Crippen LogP contribution in [0.1, 0.15) is 30.0 Å². The predicted molar refractivity (Wildman–Crippen MR) is 162 cm³/mol. The Morgan fingerprint density at radius 3 is 2.19 bits per heavy atom. The maximum absolute atomic E-state index is 13.1. The molecule has 0 spiro atoms. The lowest BCUT2D eigenvalue weighted by Gasteiger charge is -2.34. The van der Waals surface area contributed by atoms with Crippen molar-refractivity contribution in [1.82, 2.24) is 4.90 Å². The molecule has 42 heavy (non-hydrogen) atoms. The first-order valence-electron chi connectivity index (χ1n) is 13.4.